The van der Waals surface area contributed by atoms with E-state index in [0.29, 0.717) is 51.4 Å². The number of aliphatic hydroxyl groups excluding tert-OH is 4. The van der Waals surface area contributed by atoms with Crippen molar-refractivity contribution in [1.82, 2.24) is 4.67 Å². The van der Waals surface area contributed by atoms with Gasteiger partial charge in [-0.15, -0.1) is 0 Å². The smallest absolute Gasteiger partial charge is 0.259 e. The number of ether oxygens (including phenoxy) is 8. The van der Waals surface area contributed by atoms with Crippen LogP contribution in [0.3, 0.4) is 0 Å². The fraction of sp³-hybridized carbons (Fsp3) is 0.884. The van der Waals surface area contributed by atoms with Gasteiger partial charge < -0.3 is 72.2 Å². The molecule has 64 heavy (non-hydrogen) atoms. The quantitative estimate of drug-likeness (QED) is 0.113. The summed E-state index contributed by atoms with van der Waals surface area (Å²) in [6.07, 6.45) is -1.63. The SMILES string of the molecule is CC(O)[C@@]12CO[C@@H]([CH-]O1)[C@@H]2C.[2H]C(C)[C@@]12CO[C@@H]([CH-]O1)[C@@H]2C.[2H]C(C)[C@@]12CO[C@@H]([CH-]O1)[C@@H]2C.[2H]C(C)[C@@]12CO[C@@H]([CH-]O1)[C@@H]2OP(OCC[N+]#[C-])N(C(C)C)C(C)C.[3H]OC.[3H]OC.[3H]OC.[U].[U].[U].[U]. The molecule has 8 rings (SSSR count). The number of nitrogens with zero attached hydrogens (tertiary/aromatic N) is 2. The van der Waals surface area contributed by atoms with Crippen molar-refractivity contribution in [1.29, 1.82) is 4.29 Å². The zero-order chi connectivity index (χ0) is 50.2. The molecule has 4 N–H and O–H groups in total. The van der Waals surface area contributed by atoms with Crippen LogP contribution in [0.1, 0.15) is 99.5 Å². The third-order valence-corrected chi connectivity index (χ3v) is 14.4. The molecule has 0 spiro atoms. The molecule has 0 aromatic carbocycles. The van der Waals surface area contributed by atoms with Gasteiger partial charge in [0.15, 0.2) is 0 Å². The standard InChI is InChI=1S/C16H28N2O4P.C8H13O3.2C8H13O2.3CH4O.4U/c1-7-16-11-19-14(10-20-16)15(16)22-23(21-9-8-17-6)18(12(2)3)13(4)5;1-5-7-3-11-8(5,4-10-7)6(2)9;2*1-3-8-5-9-7(4-10-8)6(8)2;3*1-2;;;;/h10,12-15H,7-9,11H2,1-5H3;3,5-7,9H,4H2,1-2H3;2*4,6-7H,3,5H2,1-2H3;3*2H,1H3;;;;/q4*-1;;;;;;;/t14-,15-,16-,23?;5-,6?,7-,8-;2*6-,7-,8-;;;;;;;/m0000......./s1/i7D;;2*3D;3*2T;;;;/t7?,14-,15-,16-,23?;;2*3?,6-,7-,8-;;;;;;;. The van der Waals surface area contributed by atoms with Crippen LogP contribution < -0.4 is 0 Å². The van der Waals surface area contributed by atoms with Gasteiger partial charge in [-0.25, -0.2) is 11.2 Å². The molecular weight excluding hydrogens is 1750 g/mol. The molecule has 8 fully saturated rings. The molecule has 5 unspecified atom stereocenters. The molecule has 8 heterocycles. The van der Waals surface area contributed by atoms with Crippen LogP contribution >= 0.6 is 8.53 Å². The Morgan fingerprint density at radius 2 is 1.08 bits per heavy atom. The van der Waals surface area contributed by atoms with E-state index in [4.69, 9.17) is 61.9 Å². The first-order chi connectivity index (χ1) is 31.1. The Morgan fingerprint density at radius 1 is 0.703 bits per heavy atom. The molecular formula is C43H79N2O14PU4-4. The summed E-state index contributed by atoms with van der Waals surface area (Å²) >= 11 is 0. The van der Waals surface area contributed by atoms with Gasteiger partial charge in [-0.3, -0.25) is 0 Å². The van der Waals surface area contributed by atoms with E-state index >= 15 is 0 Å². The molecule has 0 saturated carbocycles. The third-order valence-electron chi connectivity index (χ3n) is 12.3. The third kappa shape index (κ3) is 16.8. The van der Waals surface area contributed by atoms with E-state index in [9.17, 15) is 5.11 Å². The van der Waals surface area contributed by atoms with Gasteiger partial charge in [0.05, 0.1) is 61.0 Å². The molecule has 8 bridgehead atoms. The van der Waals surface area contributed by atoms with Crippen molar-refractivity contribution in [3.8, 4) is 0 Å². The molecule has 0 aromatic heterocycles. The number of hydrogen-bond acceptors (Lipinski definition) is 15. The fourth-order valence-corrected chi connectivity index (χ4v) is 9.96. The van der Waals surface area contributed by atoms with Crippen molar-refractivity contribution in [2.45, 2.75) is 166 Å². The summed E-state index contributed by atoms with van der Waals surface area (Å²) in [7, 11) is 2.51. The first-order valence-corrected chi connectivity index (χ1v) is 21.9. The van der Waals surface area contributed by atoms with E-state index in [0.717, 1.165) is 0 Å². The normalized spacial score (nSPS) is 39.5. The van der Waals surface area contributed by atoms with Crippen LogP contribution in [-0.2, 0) is 46.9 Å². The van der Waals surface area contributed by atoms with Gasteiger partial charge in [0.2, 0.25) is 10.8 Å². The Kier molecular flexibility index (Phi) is 32.7. The summed E-state index contributed by atoms with van der Waals surface area (Å²) in [6, 6.07) is 0.469. The molecule has 8 saturated heterocycles. The van der Waals surface area contributed by atoms with Crippen molar-refractivity contribution in [3.63, 3.8) is 0 Å². The van der Waals surface area contributed by atoms with Crippen LogP contribution in [0.2, 0.25) is 0 Å². The molecule has 0 aliphatic carbocycles. The summed E-state index contributed by atoms with van der Waals surface area (Å²) in [6.45, 7) is 38.3. The molecule has 17 atom stereocenters. The van der Waals surface area contributed by atoms with E-state index in [1.54, 1.807) is 40.3 Å². The Hall–Kier alpha value is 3.53. The second-order valence-corrected chi connectivity index (χ2v) is 17.3. The van der Waals surface area contributed by atoms with Crippen LogP contribution in [0.5, 0.6) is 0 Å². The molecule has 8 aliphatic heterocycles. The summed E-state index contributed by atoms with van der Waals surface area (Å²) in [5, 5.41) is 20.0. The van der Waals surface area contributed by atoms with Gasteiger partial charge >= 0.3 is 0 Å². The molecule has 16 nitrogen and oxygen atoms in total. The summed E-state index contributed by atoms with van der Waals surface area (Å²) < 4.78 is 99.2. The van der Waals surface area contributed by atoms with Gasteiger partial charge in [0, 0.05) is 162 Å². The zero-order valence-electron chi connectivity index (χ0n) is 46.2. The average Bonchev–Trinajstić information content (AvgIpc) is 4.18. The van der Waals surface area contributed by atoms with E-state index in [1.807, 2.05) is 20.8 Å². The summed E-state index contributed by atoms with van der Waals surface area (Å²) in [5.74, 6) is 0.965. The largest absolute Gasteiger partial charge is 0.543 e. The summed E-state index contributed by atoms with van der Waals surface area (Å²) in [5.41, 5.74) is -1.91. The maximum atomic E-state index is 9.47. The average molecular weight is 1840 g/mol. The van der Waals surface area contributed by atoms with E-state index in [1.165, 1.54) is 21.3 Å². The Labute approximate surface area is 491 Å². The number of aliphatic hydroxyl groups is 4. The van der Waals surface area contributed by atoms with Gasteiger partial charge in [-0.2, -0.15) is 26.4 Å². The van der Waals surface area contributed by atoms with Crippen molar-refractivity contribution >= 4 is 8.53 Å². The van der Waals surface area contributed by atoms with Gasteiger partial charge in [-0.05, 0) is 96.0 Å². The topological polar surface area (TPSA) is 181 Å². The van der Waals surface area contributed by atoms with Gasteiger partial charge in [-0.1, -0.05) is 41.5 Å². The van der Waals surface area contributed by atoms with E-state index in [2.05, 4.69) is 66.4 Å². The number of fused-ring (bicyclic) bond motifs is 8. The van der Waals surface area contributed by atoms with E-state index < -0.39 is 32.2 Å². The minimum Gasteiger partial charge on any atom is -0.543 e. The second kappa shape index (κ2) is 34.9. The molecule has 0 amide bonds. The van der Waals surface area contributed by atoms with E-state index in [-0.39, 0.29) is 197 Å². The Morgan fingerprint density at radius 3 is 1.31 bits per heavy atom. The predicted octanol–water partition coefficient (Wildman–Crippen LogP) is 5.28. The second-order valence-electron chi connectivity index (χ2n) is 15.9. The molecule has 21 heteroatoms. The maximum Gasteiger partial charge on any atom is 0.259 e. The molecule has 370 valence electrons. The van der Waals surface area contributed by atoms with Crippen LogP contribution in [0.25, 0.3) is 4.85 Å². The predicted molar refractivity (Wildman–Crippen MR) is 227 cm³/mol. The van der Waals surface area contributed by atoms with Crippen molar-refractivity contribution in [2.75, 3.05) is 60.9 Å². The summed E-state index contributed by atoms with van der Waals surface area (Å²) in [4.78, 5) is 3.35. The molecule has 0 aromatic rings. The minimum absolute atomic E-state index is 0. The molecule has 8 aliphatic rings. The van der Waals surface area contributed by atoms with Crippen LogP contribution in [-0.4, -0.2) is 161 Å². The van der Waals surface area contributed by atoms with Crippen LogP contribution in [0, 0.1) is 175 Å². The van der Waals surface area contributed by atoms with Crippen LogP contribution in [0.4, 0.5) is 0 Å². The van der Waals surface area contributed by atoms with Gasteiger partial charge in [0.25, 0.3) is 8.53 Å². The Balaban J connectivity index is -0.000000833. The molecule has 0 radical (unpaired) electrons. The first-order valence-electron chi connectivity index (χ1n) is 23.7. The number of hydrogen-bond donors (Lipinski definition) is 4. The number of rotatable bonds is 12. The first kappa shape index (κ1) is 60.1. The fourth-order valence-electron chi connectivity index (χ4n) is 8.18. The van der Waals surface area contributed by atoms with Gasteiger partial charge in [0.1, 0.15) is 6.61 Å². The van der Waals surface area contributed by atoms with Crippen LogP contribution in [0.15, 0.2) is 0 Å². The monoisotopic (exact) mass is 1840 g/mol. The van der Waals surface area contributed by atoms with Crippen molar-refractivity contribution in [2.24, 2.45) is 17.8 Å². The zero-order valence-corrected chi connectivity index (χ0v) is 57.8. The maximum absolute atomic E-state index is 9.47. The van der Waals surface area contributed by atoms with Crippen molar-refractivity contribution < 1.29 is 196 Å². The minimum atomic E-state index is -1.37. The van der Waals surface area contributed by atoms with Crippen molar-refractivity contribution in [3.05, 3.63) is 37.8 Å². The Bertz CT molecular complexity index is 1300.